The fourth-order valence-corrected chi connectivity index (χ4v) is 2.56. The van der Waals surface area contributed by atoms with Gasteiger partial charge < -0.3 is 0 Å². The number of isothiocyanates is 1. The third kappa shape index (κ3) is 2.81. The van der Waals surface area contributed by atoms with Gasteiger partial charge in [-0.1, -0.05) is 18.2 Å². The zero-order valence-electron chi connectivity index (χ0n) is 10.4. The molecule has 0 heterocycles. The quantitative estimate of drug-likeness (QED) is 0.602. The van der Waals surface area contributed by atoms with Crippen molar-refractivity contribution in [3.63, 3.8) is 0 Å². The smallest absolute Gasteiger partial charge is 0.189 e. The van der Waals surface area contributed by atoms with Gasteiger partial charge in [-0.15, -0.1) is 0 Å². The molecule has 0 aliphatic heterocycles. The van der Waals surface area contributed by atoms with Gasteiger partial charge in [0.25, 0.3) is 0 Å². The van der Waals surface area contributed by atoms with E-state index in [2.05, 4.69) is 10.2 Å². The van der Waals surface area contributed by atoms with Crippen molar-refractivity contribution in [1.29, 1.82) is 0 Å². The van der Waals surface area contributed by atoms with Crippen LogP contribution >= 0.6 is 9.87 Å². The summed E-state index contributed by atoms with van der Waals surface area (Å²) in [5.74, 6) is 0. The molecule has 0 amide bonds. The van der Waals surface area contributed by atoms with Gasteiger partial charge in [-0.3, -0.25) is 16.7 Å². The molecule has 0 saturated heterocycles. The predicted molar refractivity (Wildman–Crippen MR) is 69.2 cm³/mol. The van der Waals surface area contributed by atoms with E-state index in [-0.39, 0.29) is 0 Å². The van der Waals surface area contributed by atoms with Gasteiger partial charge in [0.2, 0.25) is 0 Å². The van der Waals surface area contributed by atoms with E-state index in [0.717, 1.165) is 0 Å². The highest BCUT2D eigenvalue weighted by molar-refractivity contribution is 8.31. The lowest BCUT2D eigenvalue weighted by atomic mass is 10.3. The summed E-state index contributed by atoms with van der Waals surface area (Å²) in [6.07, 6.45) is 0. The van der Waals surface area contributed by atoms with Crippen molar-refractivity contribution in [3.05, 3.63) is 30.3 Å². The second-order valence-electron chi connectivity index (χ2n) is 2.95. The minimum atomic E-state index is -3.55. The fraction of sp³-hybridized carbons (Fsp3) is 0.364. The molecule has 1 aromatic carbocycles. The molecule has 0 saturated carbocycles. The molecule has 0 spiro atoms. The molecule has 0 N–H and O–H groups in total. The summed E-state index contributed by atoms with van der Waals surface area (Å²) in [7, 11) is 2.14. The first-order valence-corrected chi connectivity index (χ1v) is 6.60. The standard InChI is InChI=1S/C11H17NO4S/c1-13-17(14-2,15-3,16-4)10-12-11-8-6-5-7-9-11/h5-9H,1-4H3. The normalized spacial score (nSPS) is 13.5. The predicted octanol–water partition coefficient (Wildman–Crippen LogP) is 2.81. The van der Waals surface area contributed by atoms with Crippen LogP contribution in [0.2, 0.25) is 0 Å². The number of nitrogens with zero attached hydrogens (tertiary/aromatic N) is 1. The molecule has 0 aliphatic carbocycles. The van der Waals surface area contributed by atoms with E-state index in [4.69, 9.17) is 16.7 Å². The lowest BCUT2D eigenvalue weighted by Gasteiger charge is -2.39. The molecular formula is C11H17NO4S. The van der Waals surface area contributed by atoms with E-state index in [1.807, 2.05) is 30.3 Å². The van der Waals surface area contributed by atoms with E-state index in [0.29, 0.717) is 5.69 Å². The van der Waals surface area contributed by atoms with E-state index in [1.54, 1.807) is 0 Å². The summed E-state index contributed by atoms with van der Waals surface area (Å²) in [5, 5.41) is 2.71. The summed E-state index contributed by atoms with van der Waals surface area (Å²) in [6.45, 7) is 0. The minimum absolute atomic E-state index is 0.707. The monoisotopic (exact) mass is 259 g/mol. The van der Waals surface area contributed by atoms with Gasteiger partial charge in [0, 0.05) is 0 Å². The lowest BCUT2D eigenvalue weighted by molar-refractivity contribution is 0.156. The third-order valence-corrected chi connectivity index (χ3v) is 4.92. The van der Waals surface area contributed by atoms with Gasteiger partial charge in [-0.05, 0) is 12.1 Å². The Morgan fingerprint density at radius 3 is 1.76 bits per heavy atom. The van der Waals surface area contributed by atoms with E-state index < -0.39 is 9.87 Å². The van der Waals surface area contributed by atoms with Gasteiger partial charge in [-0.25, -0.2) is 0 Å². The average molecular weight is 259 g/mol. The van der Waals surface area contributed by atoms with Crippen LogP contribution in [0.5, 0.6) is 0 Å². The molecule has 1 rings (SSSR count). The Bertz CT molecular complexity index is 428. The number of hydrogen-bond donors (Lipinski definition) is 0. The van der Waals surface area contributed by atoms with Crippen molar-refractivity contribution in [2.45, 2.75) is 0 Å². The van der Waals surface area contributed by atoms with Gasteiger partial charge in [0.1, 0.15) is 5.16 Å². The highest BCUT2D eigenvalue weighted by atomic mass is 32.3. The summed E-state index contributed by atoms with van der Waals surface area (Å²) >= 11 is 0. The fourth-order valence-electron chi connectivity index (χ4n) is 1.19. The molecule has 0 fully saturated rings. The molecule has 0 aliphatic rings. The number of para-hydroxylation sites is 1. The van der Waals surface area contributed by atoms with E-state index >= 15 is 0 Å². The lowest BCUT2D eigenvalue weighted by Crippen LogP contribution is -2.17. The third-order valence-electron chi connectivity index (χ3n) is 2.23. The summed E-state index contributed by atoms with van der Waals surface area (Å²) in [4.78, 5) is 4.13. The van der Waals surface area contributed by atoms with Crippen LogP contribution < -0.4 is 0 Å². The topological polar surface area (TPSA) is 49.3 Å². The van der Waals surface area contributed by atoms with Gasteiger partial charge >= 0.3 is 0 Å². The number of hydrogen-bond acceptors (Lipinski definition) is 5. The van der Waals surface area contributed by atoms with Crippen LogP contribution in [-0.2, 0) is 16.7 Å². The molecule has 0 radical (unpaired) electrons. The molecule has 0 bridgehead atoms. The zero-order chi connectivity index (χ0) is 12.8. The highest BCUT2D eigenvalue weighted by Crippen LogP contribution is 2.59. The van der Waals surface area contributed by atoms with E-state index in [1.165, 1.54) is 28.4 Å². The zero-order valence-corrected chi connectivity index (χ0v) is 11.2. The number of aliphatic imine (C=N–C) groups is 1. The molecule has 0 aromatic heterocycles. The van der Waals surface area contributed by atoms with Gasteiger partial charge in [0.05, 0.1) is 34.1 Å². The molecule has 0 atom stereocenters. The molecule has 17 heavy (non-hydrogen) atoms. The highest BCUT2D eigenvalue weighted by Gasteiger charge is 2.32. The molecule has 96 valence electrons. The molecule has 6 heteroatoms. The maximum atomic E-state index is 5.23. The molecular weight excluding hydrogens is 242 g/mol. The SMILES string of the molecule is COS(=C=Nc1ccccc1)(OC)(OC)OC. The number of rotatable bonds is 5. The van der Waals surface area contributed by atoms with Crippen LogP contribution in [0.15, 0.2) is 35.3 Å². The van der Waals surface area contributed by atoms with Crippen LogP contribution in [0.1, 0.15) is 0 Å². The second kappa shape index (κ2) is 5.55. The van der Waals surface area contributed by atoms with Crippen LogP contribution in [-0.4, -0.2) is 33.6 Å². The Labute approximate surface area is 102 Å². The Morgan fingerprint density at radius 1 is 0.882 bits per heavy atom. The van der Waals surface area contributed by atoms with Crippen molar-refractivity contribution in [3.8, 4) is 0 Å². The first kappa shape index (κ1) is 14.1. The van der Waals surface area contributed by atoms with Crippen molar-refractivity contribution >= 4 is 20.7 Å². The Hall–Kier alpha value is -1.01. The van der Waals surface area contributed by atoms with Crippen LogP contribution in [0.25, 0.3) is 0 Å². The summed E-state index contributed by atoms with van der Waals surface area (Å²) in [6, 6.07) is 9.28. The van der Waals surface area contributed by atoms with Crippen LogP contribution in [0.4, 0.5) is 5.69 Å². The maximum Gasteiger partial charge on any atom is 0.189 e. The Balaban J connectivity index is 3.38. The largest absolute Gasteiger partial charge is 0.277 e. The minimum Gasteiger partial charge on any atom is -0.277 e. The van der Waals surface area contributed by atoms with Gasteiger partial charge in [0.15, 0.2) is 9.87 Å². The van der Waals surface area contributed by atoms with Crippen LogP contribution in [0, 0.1) is 0 Å². The van der Waals surface area contributed by atoms with E-state index in [9.17, 15) is 0 Å². The summed E-state index contributed by atoms with van der Waals surface area (Å²) < 4.78 is 20.9. The molecule has 5 nitrogen and oxygen atoms in total. The van der Waals surface area contributed by atoms with Gasteiger partial charge in [-0.2, -0.15) is 4.99 Å². The summed E-state index contributed by atoms with van der Waals surface area (Å²) in [5.41, 5.74) is 0.707. The first-order valence-electron chi connectivity index (χ1n) is 4.86. The van der Waals surface area contributed by atoms with Crippen molar-refractivity contribution in [2.24, 2.45) is 4.99 Å². The molecule has 1 aromatic rings. The van der Waals surface area contributed by atoms with Crippen molar-refractivity contribution in [1.82, 2.24) is 0 Å². The molecule has 0 unspecified atom stereocenters. The maximum absolute atomic E-state index is 5.23. The second-order valence-corrected chi connectivity index (χ2v) is 5.95. The Morgan fingerprint density at radius 2 is 1.35 bits per heavy atom. The van der Waals surface area contributed by atoms with Crippen molar-refractivity contribution < 1.29 is 16.7 Å². The van der Waals surface area contributed by atoms with Crippen molar-refractivity contribution in [2.75, 3.05) is 28.4 Å². The number of benzene rings is 1. The van der Waals surface area contributed by atoms with Crippen LogP contribution in [0.3, 0.4) is 0 Å². The first-order chi connectivity index (χ1) is 8.13. The Kier molecular flexibility index (Phi) is 4.59. The average Bonchev–Trinajstić information content (AvgIpc) is 2.43.